The molecule has 1 aliphatic rings. The summed E-state index contributed by atoms with van der Waals surface area (Å²) in [6, 6.07) is 8.02. The molecular weight excluding hydrogens is 398 g/mol. The van der Waals surface area contributed by atoms with Gasteiger partial charge in [0, 0.05) is 28.4 Å². The number of esters is 1. The first kappa shape index (κ1) is 19.1. The van der Waals surface area contributed by atoms with Crippen LogP contribution in [0.25, 0.3) is 21.1 Å². The highest BCUT2D eigenvalue weighted by atomic mass is 32.1. The standard InChI is InChI=1S/C23H23N3O3S/c1-13-6-8-16-18(10-13)30-23-21(16)22(28)25-19(26-23)12-29-20(27)9-7-14-11-24-17-5-3-2-4-15(14)17/h2-5,11,13,24H,6-10,12H2,1H3,(H,25,26,28). The maximum Gasteiger partial charge on any atom is 0.306 e. The van der Waals surface area contributed by atoms with Gasteiger partial charge < -0.3 is 14.7 Å². The first-order valence-corrected chi connectivity index (χ1v) is 11.1. The van der Waals surface area contributed by atoms with Crippen LogP contribution in [-0.2, 0) is 35.4 Å². The summed E-state index contributed by atoms with van der Waals surface area (Å²) in [7, 11) is 0. The highest BCUT2D eigenvalue weighted by Crippen LogP contribution is 2.35. The number of H-pyrrole nitrogens is 2. The first-order valence-electron chi connectivity index (χ1n) is 10.3. The van der Waals surface area contributed by atoms with E-state index in [9.17, 15) is 9.59 Å². The van der Waals surface area contributed by atoms with E-state index in [4.69, 9.17) is 4.74 Å². The highest BCUT2D eigenvalue weighted by Gasteiger charge is 2.23. The van der Waals surface area contributed by atoms with Crippen molar-refractivity contribution in [3.8, 4) is 0 Å². The van der Waals surface area contributed by atoms with Gasteiger partial charge in [-0.2, -0.15) is 0 Å². The van der Waals surface area contributed by atoms with E-state index in [0.717, 1.165) is 51.5 Å². The van der Waals surface area contributed by atoms with Gasteiger partial charge in [-0.05, 0) is 48.8 Å². The lowest BCUT2D eigenvalue weighted by Gasteiger charge is -2.17. The van der Waals surface area contributed by atoms with E-state index in [1.807, 2.05) is 30.5 Å². The predicted molar refractivity (Wildman–Crippen MR) is 118 cm³/mol. The zero-order chi connectivity index (χ0) is 20.7. The third-order valence-corrected chi connectivity index (χ3v) is 7.01. The van der Waals surface area contributed by atoms with Crippen LogP contribution in [0.15, 0.2) is 35.3 Å². The number of hydrogen-bond donors (Lipinski definition) is 2. The lowest BCUT2D eigenvalue weighted by Crippen LogP contribution is -2.16. The van der Waals surface area contributed by atoms with Gasteiger partial charge in [-0.3, -0.25) is 9.59 Å². The van der Waals surface area contributed by atoms with Crippen molar-refractivity contribution in [2.45, 2.75) is 45.6 Å². The highest BCUT2D eigenvalue weighted by molar-refractivity contribution is 7.18. The number of thiophene rings is 1. The minimum absolute atomic E-state index is 0.0170. The van der Waals surface area contributed by atoms with Crippen molar-refractivity contribution in [3.05, 3.63) is 62.6 Å². The van der Waals surface area contributed by atoms with Crippen LogP contribution < -0.4 is 5.56 Å². The van der Waals surface area contributed by atoms with Gasteiger partial charge in [0.15, 0.2) is 0 Å². The molecule has 3 heterocycles. The van der Waals surface area contributed by atoms with Gasteiger partial charge in [-0.1, -0.05) is 25.1 Å². The van der Waals surface area contributed by atoms with Crippen LogP contribution in [-0.4, -0.2) is 20.9 Å². The number of nitrogens with one attached hydrogen (secondary N) is 2. The number of hydrogen-bond acceptors (Lipinski definition) is 5. The smallest absolute Gasteiger partial charge is 0.306 e. The van der Waals surface area contributed by atoms with E-state index in [1.165, 1.54) is 4.88 Å². The zero-order valence-corrected chi connectivity index (χ0v) is 17.6. The fraction of sp³-hybridized carbons (Fsp3) is 0.348. The Labute approximate surface area is 177 Å². The molecule has 0 bridgehead atoms. The summed E-state index contributed by atoms with van der Waals surface area (Å²) in [6.45, 7) is 2.23. The summed E-state index contributed by atoms with van der Waals surface area (Å²) < 4.78 is 5.38. The summed E-state index contributed by atoms with van der Waals surface area (Å²) in [4.78, 5) is 37.5. The van der Waals surface area contributed by atoms with Gasteiger partial charge in [-0.25, -0.2) is 4.98 Å². The molecule has 0 radical (unpaired) electrons. The molecule has 0 saturated heterocycles. The molecule has 0 amide bonds. The molecule has 3 aromatic heterocycles. The molecule has 30 heavy (non-hydrogen) atoms. The Bertz CT molecular complexity index is 1300. The Hall–Kier alpha value is -2.93. The topological polar surface area (TPSA) is 87.8 Å². The second-order valence-corrected chi connectivity index (χ2v) is 9.15. The molecular formula is C23H23N3O3S. The summed E-state index contributed by atoms with van der Waals surface area (Å²) >= 11 is 1.60. The summed E-state index contributed by atoms with van der Waals surface area (Å²) in [5.74, 6) is 0.740. The van der Waals surface area contributed by atoms with Gasteiger partial charge >= 0.3 is 5.97 Å². The molecule has 1 aliphatic carbocycles. The number of ether oxygens (including phenoxy) is 1. The fourth-order valence-electron chi connectivity index (χ4n) is 4.26. The van der Waals surface area contributed by atoms with Crippen LogP contribution in [0.2, 0.25) is 0 Å². The van der Waals surface area contributed by atoms with Crippen LogP contribution in [0, 0.1) is 5.92 Å². The van der Waals surface area contributed by atoms with Crippen molar-refractivity contribution in [3.63, 3.8) is 0 Å². The van der Waals surface area contributed by atoms with Crippen LogP contribution in [0.4, 0.5) is 0 Å². The summed E-state index contributed by atoms with van der Waals surface area (Å²) in [6.07, 6.45) is 5.86. The zero-order valence-electron chi connectivity index (χ0n) is 16.8. The number of para-hydroxylation sites is 1. The third-order valence-electron chi connectivity index (χ3n) is 5.86. The largest absolute Gasteiger partial charge is 0.458 e. The normalized spacial score (nSPS) is 16.1. The average Bonchev–Trinajstić information content (AvgIpc) is 3.31. The molecule has 1 atom stereocenters. The molecule has 154 valence electrons. The summed E-state index contributed by atoms with van der Waals surface area (Å²) in [5, 5.41) is 1.84. The maximum atomic E-state index is 12.6. The van der Waals surface area contributed by atoms with Crippen LogP contribution in [0.3, 0.4) is 0 Å². The number of benzene rings is 1. The first-order chi connectivity index (χ1) is 14.6. The number of nitrogens with zero attached hydrogens (tertiary/aromatic N) is 1. The minimum atomic E-state index is -0.303. The molecule has 0 fully saturated rings. The molecule has 2 N–H and O–H groups in total. The Balaban J connectivity index is 1.26. The number of aromatic amines is 2. The molecule has 5 rings (SSSR count). The van der Waals surface area contributed by atoms with Gasteiger partial charge in [0.2, 0.25) is 0 Å². The molecule has 0 aliphatic heterocycles. The van der Waals surface area contributed by atoms with E-state index in [2.05, 4.69) is 21.9 Å². The summed E-state index contributed by atoms with van der Waals surface area (Å²) in [5.41, 5.74) is 3.18. The second-order valence-electron chi connectivity index (χ2n) is 8.06. The number of aryl methyl sites for hydroxylation is 2. The Kier molecular flexibility index (Phi) is 4.90. The molecule has 0 saturated carbocycles. The van der Waals surface area contributed by atoms with E-state index in [-0.39, 0.29) is 24.6 Å². The van der Waals surface area contributed by atoms with Crippen LogP contribution in [0.5, 0.6) is 0 Å². The van der Waals surface area contributed by atoms with Gasteiger partial charge in [0.1, 0.15) is 17.3 Å². The van der Waals surface area contributed by atoms with Crippen molar-refractivity contribution >= 4 is 38.4 Å². The number of carbonyl (C=O) groups is 1. The maximum absolute atomic E-state index is 12.6. The second kappa shape index (κ2) is 7.72. The minimum Gasteiger partial charge on any atom is -0.458 e. The predicted octanol–water partition coefficient (Wildman–Crippen LogP) is 4.27. The molecule has 1 aromatic carbocycles. The van der Waals surface area contributed by atoms with Crippen molar-refractivity contribution in [1.29, 1.82) is 0 Å². The van der Waals surface area contributed by atoms with E-state index in [0.29, 0.717) is 18.2 Å². The number of carbonyl (C=O) groups excluding carboxylic acids is 1. The van der Waals surface area contributed by atoms with Crippen molar-refractivity contribution < 1.29 is 9.53 Å². The molecule has 0 spiro atoms. The van der Waals surface area contributed by atoms with E-state index < -0.39 is 0 Å². The Morgan fingerprint density at radius 2 is 2.20 bits per heavy atom. The van der Waals surface area contributed by atoms with E-state index >= 15 is 0 Å². The fourth-order valence-corrected chi connectivity index (χ4v) is 5.66. The molecule has 7 heteroatoms. The Morgan fingerprint density at radius 1 is 1.33 bits per heavy atom. The Morgan fingerprint density at radius 3 is 3.10 bits per heavy atom. The van der Waals surface area contributed by atoms with Gasteiger partial charge in [0.25, 0.3) is 5.56 Å². The quantitative estimate of drug-likeness (QED) is 0.471. The van der Waals surface area contributed by atoms with E-state index in [1.54, 1.807) is 11.3 Å². The lowest BCUT2D eigenvalue weighted by molar-refractivity contribution is -0.145. The van der Waals surface area contributed by atoms with Gasteiger partial charge in [-0.15, -0.1) is 11.3 Å². The van der Waals surface area contributed by atoms with Gasteiger partial charge in [0.05, 0.1) is 5.39 Å². The molecule has 6 nitrogen and oxygen atoms in total. The monoisotopic (exact) mass is 421 g/mol. The van der Waals surface area contributed by atoms with Crippen LogP contribution in [0.1, 0.15) is 41.6 Å². The average molecular weight is 422 g/mol. The van der Waals surface area contributed by atoms with Crippen molar-refractivity contribution in [2.24, 2.45) is 5.92 Å². The third kappa shape index (κ3) is 3.54. The van der Waals surface area contributed by atoms with Crippen LogP contribution >= 0.6 is 11.3 Å². The number of rotatable bonds is 5. The SMILES string of the molecule is CC1CCc2c(sc3nc(COC(=O)CCc4c[nH]c5ccccc45)[nH]c(=O)c23)C1. The molecule has 4 aromatic rings. The number of aromatic nitrogens is 3. The molecule has 1 unspecified atom stereocenters. The number of fused-ring (bicyclic) bond motifs is 4. The lowest BCUT2D eigenvalue weighted by atomic mass is 9.89. The van der Waals surface area contributed by atoms with Crippen molar-refractivity contribution in [1.82, 2.24) is 15.0 Å². The van der Waals surface area contributed by atoms with Crippen molar-refractivity contribution in [2.75, 3.05) is 0 Å².